The van der Waals surface area contributed by atoms with Gasteiger partial charge in [0.2, 0.25) is 0 Å². The van der Waals surface area contributed by atoms with Gasteiger partial charge in [0.05, 0.1) is 24.4 Å². The highest BCUT2D eigenvalue weighted by Gasteiger charge is 2.37. The number of rotatable bonds is 6. The lowest BCUT2D eigenvalue weighted by atomic mass is 9.97. The maximum Gasteiger partial charge on any atom is 0.340 e. The minimum absolute atomic E-state index is 0.298. The number of hydrogen-bond donors (Lipinski definition) is 0. The van der Waals surface area contributed by atoms with E-state index in [1.54, 1.807) is 13.8 Å². The zero-order valence-corrected chi connectivity index (χ0v) is 15.4. The Morgan fingerprint density at radius 1 is 0.962 bits per heavy atom. The van der Waals surface area contributed by atoms with Crippen LogP contribution >= 0.6 is 0 Å². The number of benzene rings is 1. The summed E-state index contributed by atoms with van der Waals surface area (Å²) >= 11 is 0. The van der Waals surface area contributed by atoms with Gasteiger partial charge in [0, 0.05) is 30.8 Å². The fraction of sp³-hybridized carbons (Fsp3) is 0.429. The van der Waals surface area contributed by atoms with Gasteiger partial charge in [-0.1, -0.05) is 30.3 Å². The number of esters is 2. The van der Waals surface area contributed by atoms with E-state index in [1.165, 1.54) is 0 Å². The number of hydrogen-bond acceptors (Lipinski definition) is 5. The fourth-order valence-electron chi connectivity index (χ4n) is 3.64. The molecule has 1 aromatic rings. The Bertz CT molecular complexity index is 743. The third-order valence-corrected chi connectivity index (χ3v) is 4.74. The molecule has 0 bridgehead atoms. The quantitative estimate of drug-likeness (QED) is 0.733. The summed E-state index contributed by atoms with van der Waals surface area (Å²) in [6, 6.07) is 9.56. The zero-order chi connectivity index (χ0) is 18.5. The van der Waals surface area contributed by atoms with Crippen molar-refractivity contribution in [1.82, 2.24) is 4.90 Å². The third kappa shape index (κ3) is 3.52. The monoisotopic (exact) mass is 355 g/mol. The number of nitrogens with zero attached hydrogens (tertiary/aromatic N) is 1. The summed E-state index contributed by atoms with van der Waals surface area (Å²) < 4.78 is 10.6. The molecule has 0 saturated carbocycles. The molecule has 1 saturated heterocycles. The maximum absolute atomic E-state index is 12.8. The van der Waals surface area contributed by atoms with Gasteiger partial charge < -0.3 is 14.4 Å². The summed E-state index contributed by atoms with van der Waals surface area (Å²) in [7, 11) is 0. The van der Waals surface area contributed by atoms with Crippen LogP contribution in [0.1, 0.15) is 38.7 Å². The smallest absolute Gasteiger partial charge is 0.340 e. The molecule has 1 aliphatic heterocycles. The molecule has 0 unspecified atom stereocenters. The molecule has 5 nitrogen and oxygen atoms in total. The van der Waals surface area contributed by atoms with E-state index in [-0.39, 0.29) is 11.9 Å². The van der Waals surface area contributed by atoms with Gasteiger partial charge in [-0.25, -0.2) is 9.59 Å². The number of allylic oxidation sites excluding steroid dienone is 1. The number of likely N-dealkylation sites (tertiary alicyclic amines) is 1. The van der Waals surface area contributed by atoms with Crippen LogP contribution in [0.25, 0.3) is 5.57 Å². The van der Waals surface area contributed by atoms with Crippen LogP contribution in [0.4, 0.5) is 0 Å². The van der Waals surface area contributed by atoms with Gasteiger partial charge in [-0.3, -0.25) is 0 Å². The minimum Gasteiger partial charge on any atom is -0.463 e. The molecule has 26 heavy (non-hydrogen) atoms. The van der Waals surface area contributed by atoms with Crippen LogP contribution in [0.2, 0.25) is 0 Å². The number of carbonyl (C=O) groups excluding carboxylic acids is 2. The highest BCUT2D eigenvalue weighted by atomic mass is 16.5. The van der Waals surface area contributed by atoms with E-state index >= 15 is 0 Å². The Kier molecular flexibility index (Phi) is 5.76. The van der Waals surface area contributed by atoms with E-state index in [0.29, 0.717) is 36.4 Å². The molecule has 1 aromatic carbocycles. The van der Waals surface area contributed by atoms with Gasteiger partial charge in [-0.15, -0.1) is 0 Å². The average Bonchev–Trinajstić information content (AvgIpc) is 3.30. The molecule has 0 N–H and O–H groups in total. The highest BCUT2D eigenvalue weighted by molar-refractivity contribution is 6.15. The largest absolute Gasteiger partial charge is 0.463 e. The molecule has 1 aliphatic carbocycles. The predicted octanol–water partition coefficient (Wildman–Crippen LogP) is 3.32. The first kappa shape index (κ1) is 18.2. The predicted molar refractivity (Wildman–Crippen MR) is 99.1 cm³/mol. The van der Waals surface area contributed by atoms with Crippen LogP contribution in [-0.2, 0) is 19.1 Å². The number of ether oxygens (including phenoxy) is 2. The van der Waals surface area contributed by atoms with E-state index < -0.39 is 0 Å². The van der Waals surface area contributed by atoms with Gasteiger partial charge in [0.15, 0.2) is 0 Å². The third-order valence-electron chi connectivity index (χ3n) is 4.74. The van der Waals surface area contributed by atoms with Gasteiger partial charge in [0.25, 0.3) is 0 Å². The van der Waals surface area contributed by atoms with Crippen molar-refractivity contribution in [1.29, 1.82) is 0 Å². The second kappa shape index (κ2) is 8.21. The Labute approximate surface area is 154 Å². The van der Waals surface area contributed by atoms with E-state index in [9.17, 15) is 9.59 Å². The van der Waals surface area contributed by atoms with E-state index in [2.05, 4.69) is 4.90 Å². The van der Waals surface area contributed by atoms with Crippen LogP contribution in [0.15, 0.2) is 47.2 Å². The second-order valence-corrected chi connectivity index (χ2v) is 6.35. The van der Waals surface area contributed by atoms with Gasteiger partial charge in [0.1, 0.15) is 0 Å². The van der Waals surface area contributed by atoms with E-state index in [4.69, 9.17) is 9.47 Å². The first-order valence-electron chi connectivity index (χ1n) is 9.28. The van der Waals surface area contributed by atoms with Crippen molar-refractivity contribution in [2.24, 2.45) is 0 Å². The SMILES string of the molecule is CCOC(=O)C1=C(c2ccccc2)C(C(=O)OCC)=C(N2CCCC2)C1. The molecule has 1 fully saturated rings. The Morgan fingerprint density at radius 3 is 2.19 bits per heavy atom. The van der Waals surface area contributed by atoms with Crippen molar-refractivity contribution in [3.63, 3.8) is 0 Å². The van der Waals surface area contributed by atoms with Gasteiger partial charge >= 0.3 is 11.9 Å². The lowest BCUT2D eigenvalue weighted by molar-refractivity contribution is -0.139. The van der Waals surface area contributed by atoms with Crippen molar-refractivity contribution in [3.05, 3.63) is 52.7 Å². The summed E-state index contributed by atoms with van der Waals surface area (Å²) in [4.78, 5) is 27.7. The molecule has 0 aromatic heterocycles. The van der Waals surface area contributed by atoms with Crippen molar-refractivity contribution < 1.29 is 19.1 Å². The van der Waals surface area contributed by atoms with Crippen LogP contribution in [-0.4, -0.2) is 43.1 Å². The Morgan fingerprint density at radius 2 is 1.58 bits per heavy atom. The van der Waals surface area contributed by atoms with Crippen molar-refractivity contribution in [2.75, 3.05) is 26.3 Å². The standard InChI is InChI=1S/C21H25NO4/c1-3-25-20(23)16-14-17(22-12-8-9-13-22)19(21(24)26-4-2)18(16)15-10-6-5-7-11-15/h5-7,10-11H,3-4,8-9,12-14H2,1-2H3. The highest BCUT2D eigenvalue weighted by Crippen LogP contribution is 2.42. The lowest BCUT2D eigenvalue weighted by Gasteiger charge is -2.21. The molecule has 0 spiro atoms. The molecule has 138 valence electrons. The first-order valence-corrected chi connectivity index (χ1v) is 9.28. The first-order chi connectivity index (χ1) is 12.7. The summed E-state index contributed by atoms with van der Waals surface area (Å²) in [5.41, 5.74) is 3.45. The summed E-state index contributed by atoms with van der Waals surface area (Å²) in [6.07, 6.45) is 2.60. The molecule has 0 radical (unpaired) electrons. The van der Waals surface area contributed by atoms with Crippen LogP contribution in [0, 0.1) is 0 Å². The molecule has 0 atom stereocenters. The summed E-state index contributed by atoms with van der Waals surface area (Å²) in [5, 5.41) is 0. The molecule has 1 heterocycles. The maximum atomic E-state index is 12.8. The molecule has 2 aliphatic rings. The van der Waals surface area contributed by atoms with Crippen molar-refractivity contribution in [2.45, 2.75) is 33.1 Å². The van der Waals surface area contributed by atoms with E-state index in [0.717, 1.165) is 37.2 Å². The molecule has 5 heteroatoms. The van der Waals surface area contributed by atoms with Crippen molar-refractivity contribution in [3.8, 4) is 0 Å². The number of carbonyl (C=O) groups is 2. The van der Waals surface area contributed by atoms with Gasteiger partial charge in [-0.2, -0.15) is 0 Å². The average molecular weight is 355 g/mol. The Balaban J connectivity index is 2.13. The van der Waals surface area contributed by atoms with Crippen LogP contribution in [0.5, 0.6) is 0 Å². The van der Waals surface area contributed by atoms with Crippen LogP contribution in [0.3, 0.4) is 0 Å². The topological polar surface area (TPSA) is 55.8 Å². The molecular weight excluding hydrogens is 330 g/mol. The van der Waals surface area contributed by atoms with Crippen molar-refractivity contribution >= 4 is 17.5 Å². The zero-order valence-electron chi connectivity index (χ0n) is 15.4. The van der Waals surface area contributed by atoms with Crippen LogP contribution < -0.4 is 0 Å². The minimum atomic E-state index is -0.368. The lowest BCUT2D eigenvalue weighted by Crippen LogP contribution is -2.22. The normalized spacial score (nSPS) is 17.1. The Hall–Kier alpha value is -2.56. The molecule has 0 amide bonds. The molecular formula is C21H25NO4. The summed E-state index contributed by atoms with van der Waals surface area (Å²) in [5.74, 6) is -0.727. The van der Waals surface area contributed by atoms with E-state index in [1.807, 2.05) is 30.3 Å². The van der Waals surface area contributed by atoms with Gasteiger partial charge in [-0.05, 0) is 32.3 Å². The summed E-state index contributed by atoms with van der Waals surface area (Å²) in [6.45, 7) is 5.98. The fourth-order valence-corrected chi connectivity index (χ4v) is 3.64. The molecule has 3 rings (SSSR count). The second-order valence-electron chi connectivity index (χ2n) is 6.35.